The van der Waals surface area contributed by atoms with Gasteiger partial charge in [-0.25, -0.2) is 4.79 Å². The summed E-state index contributed by atoms with van der Waals surface area (Å²) in [6, 6.07) is 8.49. The summed E-state index contributed by atoms with van der Waals surface area (Å²) in [5.74, 6) is -1.07. The van der Waals surface area contributed by atoms with Gasteiger partial charge in [-0.15, -0.1) is 0 Å². The Labute approximate surface area is 159 Å². The molecule has 1 amide bonds. The topological polar surface area (TPSA) is 82.5 Å². The third-order valence-electron chi connectivity index (χ3n) is 4.82. The lowest BCUT2D eigenvalue weighted by Crippen LogP contribution is -2.33. The predicted octanol–water partition coefficient (Wildman–Crippen LogP) is 3.48. The lowest BCUT2D eigenvalue weighted by atomic mass is 10.0. The molecule has 0 unspecified atom stereocenters. The van der Waals surface area contributed by atoms with Crippen molar-refractivity contribution in [1.29, 1.82) is 0 Å². The van der Waals surface area contributed by atoms with Gasteiger partial charge in [-0.3, -0.25) is 9.78 Å². The van der Waals surface area contributed by atoms with E-state index in [0.717, 1.165) is 49.9 Å². The highest BCUT2D eigenvalue weighted by atomic mass is 16.4. The van der Waals surface area contributed by atoms with Gasteiger partial charge < -0.3 is 15.3 Å². The fourth-order valence-corrected chi connectivity index (χ4v) is 3.37. The summed E-state index contributed by atoms with van der Waals surface area (Å²) in [6.45, 7) is 2.02. The van der Waals surface area contributed by atoms with E-state index in [0.29, 0.717) is 18.7 Å². The van der Waals surface area contributed by atoms with Gasteiger partial charge in [-0.2, -0.15) is 0 Å². The summed E-state index contributed by atoms with van der Waals surface area (Å²) in [7, 11) is 0. The van der Waals surface area contributed by atoms with E-state index in [-0.39, 0.29) is 11.5 Å². The number of hydrogen-bond donors (Lipinski definition) is 2. The predicted molar refractivity (Wildman–Crippen MR) is 104 cm³/mol. The minimum absolute atomic E-state index is 0.107. The molecule has 6 nitrogen and oxygen atoms in total. The van der Waals surface area contributed by atoms with Crippen LogP contribution in [0.5, 0.6) is 0 Å². The molecule has 2 heterocycles. The van der Waals surface area contributed by atoms with Crippen LogP contribution in [0.25, 0.3) is 0 Å². The first kappa shape index (κ1) is 19.0. The molecule has 3 rings (SSSR count). The second kappa shape index (κ2) is 9.28. The zero-order valence-corrected chi connectivity index (χ0v) is 15.4. The maximum atomic E-state index is 13.1. The molecule has 0 spiro atoms. The van der Waals surface area contributed by atoms with Gasteiger partial charge in [-0.1, -0.05) is 19.3 Å². The average Bonchev–Trinajstić information content (AvgIpc) is 2.68. The quantitative estimate of drug-likeness (QED) is 0.849. The fourth-order valence-electron chi connectivity index (χ4n) is 3.37. The summed E-state index contributed by atoms with van der Waals surface area (Å²) in [4.78, 5) is 30.4. The number of nitrogens with zero attached hydrogens (tertiary/aromatic N) is 2. The molecule has 27 heavy (non-hydrogen) atoms. The molecule has 1 aliphatic rings. The van der Waals surface area contributed by atoms with E-state index in [1.807, 2.05) is 0 Å². The second-order valence-electron chi connectivity index (χ2n) is 6.79. The fraction of sp³-hybridized carbons (Fsp3) is 0.381. The molecule has 1 aliphatic heterocycles. The van der Waals surface area contributed by atoms with Gasteiger partial charge in [0.05, 0.1) is 11.1 Å². The van der Waals surface area contributed by atoms with Crippen LogP contribution < -0.4 is 10.2 Å². The number of anilines is 1. The van der Waals surface area contributed by atoms with E-state index in [9.17, 15) is 14.7 Å². The highest BCUT2D eigenvalue weighted by Crippen LogP contribution is 2.25. The molecule has 1 aromatic heterocycles. The van der Waals surface area contributed by atoms with Crippen molar-refractivity contribution in [3.05, 3.63) is 59.4 Å². The minimum Gasteiger partial charge on any atom is -0.478 e. The van der Waals surface area contributed by atoms with E-state index in [1.54, 1.807) is 47.6 Å². The van der Waals surface area contributed by atoms with E-state index >= 15 is 0 Å². The van der Waals surface area contributed by atoms with Crippen LogP contribution in [0.15, 0.2) is 42.7 Å². The van der Waals surface area contributed by atoms with Crippen LogP contribution in [0, 0.1) is 0 Å². The number of rotatable bonds is 2. The van der Waals surface area contributed by atoms with Gasteiger partial charge in [0.1, 0.15) is 0 Å². The highest BCUT2D eigenvalue weighted by Gasteiger charge is 2.21. The van der Waals surface area contributed by atoms with Crippen LogP contribution in [0.2, 0.25) is 0 Å². The third-order valence-corrected chi connectivity index (χ3v) is 4.82. The Morgan fingerprint density at radius 3 is 2.63 bits per heavy atom. The van der Waals surface area contributed by atoms with Gasteiger partial charge in [0.15, 0.2) is 0 Å². The number of carbonyl (C=O) groups is 2. The van der Waals surface area contributed by atoms with Crippen molar-refractivity contribution in [2.24, 2.45) is 0 Å². The summed E-state index contributed by atoms with van der Waals surface area (Å²) >= 11 is 0. The summed E-state index contributed by atoms with van der Waals surface area (Å²) < 4.78 is 0. The molecular formula is C21H25N3O3. The van der Waals surface area contributed by atoms with Crippen LogP contribution in [0.4, 0.5) is 5.69 Å². The number of carboxylic acids is 1. The van der Waals surface area contributed by atoms with Gasteiger partial charge in [0.25, 0.3) is 5.91 Å². The molecule has 142 valence electrons. The Morgan fingerprint density at radius 2 is 1.85 bits per heavy atom. The normalized spacial score (nSPS) is 15.9. The van der Waals surface area contributed by atoms with Gasteiger partial charge >= 0.3 is 5.97 Å². The van der Waals surface area contributed by atoms with E-state index < -0.39 is 5.97 Å². The molecule has 2 N–H and O–H groups in total. The Balaban J connectivity index is 1.99. The Bertz CT molecular complexity index is 793. The number of aromatic nitrogens is 1. The molecule has 2 aromatic rings. The van der Waals surface area contributed by atoms with Crippen molar-refractivity contribution in [3.8, 4) is 0 Å². The minimum atomic E-state index is -0.964. The van der Waals surface area contributed by atoms with Gasteiger partial charge in [0, 0.05) is 31.2 Å². The van der Waals surface area contributed by atoms with Crippen LogP contribution >= 0.6 is 0 Å². The number of carbonyl (C=O) groups excluding carboxylic acids is 1. The lowest BCUT2D eigenvalue weighted by molar-refractivity contribution is 0.0696. The smallest absolute Gasteiger partial charge is 0.335 e. The number of benzene rings is 1. The number of fused-ring (bicyclic) bond motifs is 1. The number of aromatic carboxylic acids is 1. The molecule has 0 saturated carbocycles. The van der Waals surface area contributed by atoms with E-state index in [1.165, 1.54) is 0 Å². The SMILES string of the molecule is O=C(O)c1ccc2c(c1)CNCCCCCCCN2C(=O)c1cccnc1. The molecule has 0 fully saturated rings. The molecule has 0 atom stereocenters. The number of pyridine rings is 1. The summed E-state index contributed by atoms with van der Waals surface area (Å²) in [6.07, 6.45) is 8.62. The van der Waals surface area contributed by atoms with Crippen molar-refractivity contribution < 1.29 is 14.7 Å². The largest absolute Gasteiger partial charge is 0.478 e. The first-order chi connectivity index (χ1) is 13.2. The highest BCUT2D eigenvalue weighted by molar-refractivity contribution is 6.06. The number of nitrogens with one attached hydrogen (secondary N) is 1. The molecule has 6 heteroatoms. The Kier molecular flexibility index (Phi) is 6.54. The number of carboxylic acid groups (broad SMARTS) is 1. The molecule has 0 radical (unpaired) electrons. The Hall–Kier alpha value is -2.73. The molecule has 0 bridgehead atoms. The first-order valence-electron chi connectivity index (χ1n) is 9.45. The molecule has 0 aliphatic carbocycles. The number of amides is 1. The third kappa shape index (κ3) is 4.92. The van der Waals surface area contributed by atoms with E-state index in [4.69, 9.17) is 0 Å². The van der Waals surface area contributed by atoms with Crippen molar-refractivity contribution in [3.63, 3.8) is 0 Å². The van der Waals surface area contributed by atoms with Crippen molar-refractivity contribution >= 4 is 17.6 Å². The monoisotopic (exact) mass is 367 g/mol. The van der Waals surface area contributed by atoms with Gasteiger partial charge in [0.2, 0.25) is 0 Å². The maximum absolute atomic E-state index is 13.1. The molecule has 0 saturated heterocycles. The van der Waals surface area contributed by atoms with Crippen LogP contribution in [-0.4, -0.2) is 35.1 Å². The average molecular weight is 367 g/mol. The lowest BCUT2D eigenvalue weighted by Gasteiger charge is -2.26. The summed E-state index contributed by atoms with van der Waals surface area (Å²) in [5, 5.41) is 12.7. The zero-order valence-electron chi connectivity index (χ0n) is 15.4. The maximum Gasteiger partial charge on any atom is 0.335 e. The first-order valence-corrected chi connectivity index (χ1v) is 9.45. The number of hydrogen-bond acceptors (Lipinski definition) is 4. The van der Waals surface area contributed by atoms with Gasteiger partial charge in [-0.05, 0) is 55.3 Å². The van der Waals surface area contributed by atoms with Crippen LogP contribution in [-0.2, 0) is 6.54 Å². The standard InChI is InChI=1S/C21H25N3O3/c25-20(17-7-6-11-23-14-17)24-12-5-3-1-2-4-10-22-15-18-13-16(21(26)27)8-9-19(18)24/h6-9,11,13-14,22H,1-5,10,12,15H2,(H,26,27). The van der Waals surface area contributed by atoms with Crippen molar-refractivity contribution in [2.45, 2.75) is 38.6 Å². The van der Waals surface area contributed by atoms with Crippen molar-refractivity contribution in [1.82, 2.24) is 10.3 Å². The van der Waals surface area contributed by atoms with E-state index in [2.05, 4.69) is 10.3 Å². The second-order valence-corrected chi connectivity index (χ2v) is 6.79. The summed E-state index contributed by atoms with van der Waals surface area (Å²) in [5.41, 5.74) is 2.36. The molecular weight excluding hydrogens is 342 g/mol. The zero-order chi connectivity index (χ0) is 19.1. The van der Waals surface area contributed by atoms with Crippen LogP contribution in [0.3, 0.4) is 0 Å². The Morgan fingerprint density at radius 1 is 1.04 bits per heavy atom. The van der Waals surface area contributed by atoms with Crippen LogP contribution in [0.1, 0.15) is 58.4 Å². The van der Waals surface area contributed by atoms with Crippen molar-refractivity contribution in [2.75, 3.05) is 18.0 Å². The molecule has 1 aromatic carbocycles.